The van der Waals surface area contributed by atoms with Gasteiger partial charge in [-0.15, -0.1) is 0 Å². The molecular weight excluding hydrogens is 268 g/mol. The lowest BCUT2D eigenvalue weighted by atomic mass is 9.74. The minimum Gasteiger partial charge on any atom is -0.481 e. The molecular formula is C16H28N2O3. The maximum atomic E-state index is 12.7. The highest BCUT2D eigenvalue weighted by molar-refractivity contribution is 5.80. The first-order valence-corrected chi connectivity index (χ1v) is 8.11. The van der Waals surface area contributed by atoms with Gasteiger partial charge in [0.05, 0.1) is 11.3 Å². The van der Waals surface area contributed by atoms with Crippen molar-refractivity contribution in [3.05, 3.63) is 0 Å². The van der Waals surface area contributed by atoms with E-state index >= 15 is 0 Å². The van der Waals surface area contributed by atoms with Crippen LogP contribution in [0.4, 0.5) is 0 Å². The SMILES string of the molecule is CC(C)(C(=O)O)C1CCCN(C(=O)C2CCCCC2N)C1. The molecule has 2 rings (SSSR count). The van der Waals surface area contributed by atoms with Crippen LogP contribution in [-0.2, 0) is 9.59 Å². The van der Waals surface area contributed by atoms with Crippen LogP contribution < -0.4 is 5.73 Å². The minimum atomic E-state index is -0.784. The van der Waals surface area contributed by atoms with Crippen molar-refractivity contribution in [2.24, 2.45) is 23.0 Å². The Morgan fingerprint density at radius 2 is 1.81 bits per heavy atom. The molecule has 3 atom stereocenters. The summed E-state index contributed by atoms with van der Waals surface area (Å²) < 4.78 is 0. The Balaban J connectivity index is 2.03. The molecule has 5 nitrogen and oxygen atoms in total. The fourth-order valence-electron chi connectivity index (χ4n) is 3.64. The van der Waals surface area contributed by atoms with Crippen molar-refractivity contribution in [2.75, 3.05) is 13.1 Å². The third kappa shape index (κ3) is 3.39. The van der Waals surface area contributed by atoms with Gasteiger partial charge in [0.15, 0.2) is 0 Å². The predicted octanol–water partition coefficient (Wildman–Crippen LogP) is 1.85. The number of amides is 1. The average Bonchev–Trinajstić information content (AvgIpc) is 2.47. The molecule has 1 aliphatic heterocycles. The number of aliphatic carboxylic acids is 1. The summed E-state index contributed by atoms with van der Waals surface area (Å²) in [5, 5.41) is 9.39. The molecule has 1 aliphatic carbocycles. The van der Waals surface area contributed by atoms with Crippen molar-refractivity contribution in [1.82, 2.24) is 4.90 Å². The van der Waals surface area contributed by atoms with Gasteiger partial charge in [0, 0.05) is 19.1 Å². The second kappa shape index (κ2) is 6.34. The van der Waals surface area contributed by atoms with Crippen LogP contribution in [0.15, 0.2) is 0 Å². The van der Waals surface area contributed by atoms with Crippen LogP contribution in [0.5, 0.6) is 0 Å². The molecule has 2 fully saturated rings. The molecule has 2 aliphatic rings. The van der Waals surface area contributed by atoms with Gasteiger partial charge >= 0.3 is 5.97 Å². The molecule has 0 aromatic heterocycles. The van der Waals surface area contributed by atoms with Crippen LogP contribution in [0.1, 0.15) is 52.4 Å². The summed E-state index contributed by atoms with van der Waals surface area (Å²) in [7, 11) is 0. The number of nitrogens with zero attached hydrogens (tertiary/aromatic N) is 1. The Kier molecular flexibility index (Phi) is 4.91. The van der Waals surface area contributed by atoms with Crippen molar-refractivity contribution in [3.8, 4) is 0 Å². The number of rotatable bonds is 3. The summed E-state index contributed by atoms with van der Waals surface area (Å²) in [5.74, 6) is -0.679. The fourth-order valence-corrected chi connectivity index (χ4v) is 3.64. The first-order chi connectivity index (χ1) is 9.84. The molecule has 21 heavy (non-hydrogen) atoms. The summed E-state index contributed by atoms with van der Waals surface area (Å²) in [6.07, 6.45) is 5.74. The van der Waals surface area contributed by atoms with Crippen molar-refractivity contribution < 1.29 is 14.7 Å². The molecule has 0 spiro atoms. The van der Waals surface area contributed by atoms with Crippen LogP contribution in [0, 0.1) is 17.3 Å². The molecule has 3 unspecified atom stereocenters. The monoisotopic (exact) mass is 296 g/mol. The van der Waals surface area contributed by atoms with E-state index in [9.17, 15) is 14.7 Å². The quantitative estimate of drug-likeness (QED) is 0.832. The van der Waals surface area contributed by atoms with E-state index in [1.807, 2.05) is 4.90 Å². The van der Waals surface area contributed by atoms with Gasteiger partial charge in [-0.2, -0.15) is 0 Å². The lowest BCUT2D eigenvalue weighted by molar-refractivity contribution is -0.154. The number of hydrogen-bond acceptors (Lipinski definition) is 3. The Morgan fingerprint density at radius 1 is 1.14 bits per heavy atom. The fraction of sp³-hybridized carbons (Fsp3) is 0.875. The van der Waals surface area contributed by atoms with E-state index in [1.54, 1.807) is 13.8 Å². The molecule has 3 N–H and O–H groups in total. The average molecular weight is 296 g/mol. The number of carbonyl (C=O) groups is 2. The number of likely N-dealkylation sites (tertiary alicyclic amines) is 1. The highest BCUT2D eigenvalue weighted by atomic mass is 16.4. The molecule has 1 saturated heterocycles. The molecule has 0 aromatic carbocycles. The summed E-state index contributed by atoms with van der Waals surface area (Å²) in [5.41, 5.74) is 5.33. The standard InChI is InChI=1S/C16H28N2O3/c1-16(2,15(20)21)11-6-5-9-18(10-11)14(19)12-7-3-4-8-13(12)17/h11-13H,3-10,17H2,1-2H3,(H,20,21). The molecule has 0 aromatic rings. The maximum absolute atomic E-state index is 12.7. The number of hydrogen-bond donors (Lipinski definition) is 2. The zero-order chi connectivity index (χ0) is 15.6. The van der Waals surface area contributed by atoms with E-state index in [1.165, 1.54) is 0 Å². The smallest absolute Gasteiger partial charge is 0.309 e. The van der Waals surface area contributed by atoms with Crippen LogP contribution in [-0.4, -0.2) is 41.0 Å². The van der Waals surface area contributed by atoms with Crippen LogP contribution >= 0.6 is 0 Å². The normalized spacial score (nSPS) is 31.0. The first-order valence-electron chi connectivity index (χ1n) is 8.11. The van der Waals surface area contributed by atoms with Crippen molar-refractivity contribution in [2.45, 2.75) is 58.4 Å². The van der Waals surface area contributed by atoms with Crippen molar-refractivity contribution in [3.63, 3.8) is 0 Å². The molecule has 0 bridgehead atoms. The number of carboxylic acid groups (broad SMARTS) is 1. The highest BCUT2D eigenvalue weighted by Gasteiger charge is 2.41. The lowest BCUT2D eigenvalue weighted by Gasteiger charge is -2.41. The van der Waals surface area contributed by atoms with Gasteiger partial charge in [-0.1, -0.05) is 12.8 Å². The van der Waals surface area contributed by atoms with Crippen LogP contribution in [0.25, 0.3) is 0 Å². The van der Waals surface area contributed by atoms with Gasteiger partial charge in [0.2, 0.25) is 5.91 Å². The van der Waals surface area contributed by atoms with Gasteiger partial charge in [0.25, 0.3) is 0 Å². The van der Waals surface area contributed by atoms with Gasteiger partial charge in [0.1, 0.15) is 0 Å². The maximum Gasteiger partial charge on any atom is 0.309 e. The third-order valence-corrected chi connectivity index (χ3v) is 5.44. The molecule has 5 heteroatoms. The molecule has 0 radical (unpaired) electrons. The van der Waals surface area contributed by atoms with Crippen LogP contribution in [0.2, 0.25) is 0 Å². The van der Waals surface area contributed by atoms with E-state index < -0.39 is 11.4 Å². The Labute approximate surface area is 126 Å². The second-order valence-electron chi connectivity index (χ2n) is 7.21. The largest absolute Gasteiger partial charge is 0.481 e. The summed E-state index contributed by atoms with van der Waals surface area (Å²) >= 11 is 0. The Morgan fingerprint density at radius 3 is 2.43 bits per heavy atom. The van der Waals surface area contributed by atoms with E-state index in [-0.39, 0.29) is 23.8 Å². The third-order valence-electron chi connectivity index (χ3n) is 5.44. The van der Waals surface area contributed by atoms with Gasteiger partial charge in [-0.25, -0.2) is 0 Å². The Hall–Kier alpha value is -1.10. The Bertz CT molecular complexity index is 408. The zero-order valence-electron chi connectivity index (χ0n) is 13.2. The van der Waals surface area contributed by atoms with Gasteiger partial charge < -0.3 is 15.7 Å². The van der Waals surface area contributed by atoms with Crippen LogP contribution in [0.3, 0.4) is 0 Å². The summed E-state index contributed by atoms with van der Waals surface area (Å²) in [4.78, 5) is 26.0. The molecule has 120 valence electrons. The van der Waals surface area contributed by atoms with E-state index in [0.29, 0.717) is 6.54 Å². The highest BCUT2D eigenvalue weighted by Crippen LogP contribution is 2.35. The predicted molar refractivity (Wildman–Crippen MR) is 80.7 cm³/mol. The summed E-state index contributed by atoms with van der Waals surface area (Å²) in [6, 6.07) is -0.0286. The van der Waals surface area contributed by atoms with E-state index in [4.69, 9.17) is 5.73 Å². The molecule has 1 amide bonds. The van der Waals surface area contributed by atoms with Gasteiger partial charge in [-0.3, -0.25) is 9.59 Å². The summed E-state index contributed by atoms with van der Waals surface area (Å²) in [6.45, 7) is 4.83. The van der Waals surface area contributed by atoms with E-state index in [2.05, 4.69) is 0 Å². The molecule has 1 heterocycles. The lowest BCUT2D eigenvalue weighted by Crippen LogP contribution is -2.51. The number of carbonyl (C=O) groups excluding carboxylic acids is 1. The minimum absolute atomic E-state index is 0.0208. The molecule has 1 saturated carbocycles. The number of carboxylic acids is 1. The topological polar surface area (TPSA) is 83.6 Å². The zero-order valence-corrected chi connectivity index (χ0v) is 13.2. The van der Waals surface area contributed by atoms with Crippen molar-refractivity contribution >= 4 is 11.9 Å². The van der Waals surface area contributed by atoms with Gasteiger partial charge in [-0.05, 0) is 45.4 Å². The second-order valence-corrected chi connectivity index (χ2v) is 7.21. The number of nitrogens with two attached hydrogens (primary N) is 1. The first kappa shape index (κ1) is 16.3. The number of piperidine rings is 1. The van der Waals surface area contributed by atoms with Crippen molar-refractivity contribution in [1.29, 1.82) is 0 Å². The van der Waals surface area contributed by atoms with E-state index in [0.717, 1.165) is 45.1 Å².